The lowest BCUT2D eigenvalue weighted by molar-refractivity contribution is -0.137. The van der Waals surface area contributed by atoms with Gasteiger partial charge >= 0.3 is 6.18 Å². The summed E-state index contributed by atoms with van der Waals surface area (Å²) in [6, 6.07) is 5.91. The van der Waals surface area contributed by atoms with Crippen LogP contribution in [0.5, 0.6) is 0 Å². The first kappa shape index (κ1) is 18.7. The van der Waals surface area contributed by atoms with Gasteiger partial charge in [0.15, 0.2) is 0 Å². The van der Waals surface area contributed by atoms with Gasteiger partial charge in [-0.15, -0.1) is 0 Å². The van der Waals surface area contributed by atoms with Gasteiger partial charge in [-0.25, -0.2) is 0 Å². The van der Waals surface area contributed by atoms with E-state index >= 15 is 0 Å². The van der Waals surface area contributed by atoms with Crippen molar-refractivity contribution in [3.63, 3.8) is 0 Å². The maximum atomic E-state index is 12.6. The molecule has 2 aromatic rings. The average molecular weight is 378 g/mol. The highest BCUT2D eigenvalue weighted by atomic mass is 19.4. The molecule has 0 unspecified atom stereocenters. The van der Waals surface area contributed by atoms with Crippen molar-refractivity contribution < 1.29 is 22.8 Å². The van der Waals surface area contributed by atoms with Crippen molar-refractivity contribution in [2.45, 2.75) is 6.18 Å². The minimum absolute atomic E-state index is 0.262. The predicted molar refractivity (Wildman–Crippen MR) is 93.5 cm³/mol. The Labute approximate surface area is 153 Å². The van der Waals surface area contributed by atoms with Crippen LogP contribution in [0, 0.1) is 0 Å². The van der Waals surface area contributed by atoms with Crippen LogP contribution in [0.2, 0.25) is 0 Å². The second kappa shape index (κ2) is 7.65. The molecular weight excluding hydrogens is 361 g/mol. The molecule has 2 heterocycles. The first-order valence-electron chi connectivity index (χ1n) is 8.25. The molecule has 27 heavy (non-hydrogen) atoms. The maximum Gasteiger partial charge on any atom is 0.416 e. The molecule has 1 aromatic heterocycles. The number of carbonyl (C=O) groups excluding carboxylic acids is 2. The molecule has 1 N–H and O–H groups in total. The molecule has 0 aliphatic carbocycles. The number of aromatic nitrogens is 1. The third-order valence-electron chi connectivity index (χ3n) is 4.28. The van der Waals surface area contributed by atoms with Crippen molar-refractivity contribution in [3.05, 3.63) is 53.9 Å². The number of alkyl halides is 3. The smallest absolute Gasteiger partial charge is 0.367 e. The van der Waals surface area contributed by atoms with Crippen molar-refractivity contribution in [1.82, 2.24) is 9.88 Å². The summed E-state index contributed by atoms with van der Waals surface area (Å²) in [7, 11) is 0. The van der Waals surface area contributed by atoms with E-state index in [4.69, 9.17) is 0 Å². The van der Waals surface area contributed by atoms with Gasteiger partial charge < -0.3 is 15.1 Å². The summed E-state index contributed by atoms with van der Waals surface area (Å²) in [5.41, 5.74) is 0.530. The predicted octanol–water partition coefficient (Wildman–Crippen LogP) is 2.63. The van der Waals surface area contributed by atoms with Gasteiger partial charge in [0.1, 0.15) is 0 Å². The zero-order valence-corrected chi connectivity index (χ0v) is 14.2. The second-order valence-corrected chi connectivity index (χ2v) is 6.09. The largest absolute Gasteiger partial charge is 0.416 e. The van der Waals surface area contributed by atoms with Gasteiger partial charge in [-0.1, -0.05) is 0 Å². The van der Waals surface area contributed by atoms with Crippen LogP contribution in [0.15, 0.2) is 42.7 Å². The van der Waals surface area contributed by atoms with Crippen LogP contribution in [0.1, 0.15) is 15.9 Å². The molecule has 1 aliphatic heterocycles. The summed E-state index contributed by atoms with van der Waals surface area (Å²) in [5.74, 6) is -0.462. The van der Waals surface area contributed by atoms with E-state index in [1.165, 1.54) is 18.3 Å². The first-order chi connectivity index (χ1) is 12.9. The number of hydrogen-bond donors (Lipinski definition) is 1. The summed E-state index contributed by atoms with van der Waals surface area (Å²) in [6.07, 6.45) is -0.589. The normalized spacial score (nSPS) is 14.8. The van der Waals surface area contributed by atoms with E-state index in [-0.39, 0.29) is 5.69 Å². The molecule has 1 aromatic carbocycles. The van der Waals surface area contributed by atoms with E-state index in [2.05, 4.69) is 10.3 Å². The number of carbonyl (C=O) groups is 2. The lowest BCUT2D eigenvalue weighted by atomic mass is 10.2. The molecule has 0 radical (unpaired) electrons. The van der Waals surface area contributed by atoms with E-state index in [0.29, 0.717) is 31.7 Å². The third kappa shape index (κ3) is 4.55. The lowest BCUT2D eigenvalue weighted by Gasteiger charge is -2.34. The SMILES string of the molecule is O=CN1CCN(c2cncc(C(=O)Nc3ccc(C(F)(F)F)cc3)c2)CC1. The Morgan fingerprint density at radius 1 is 1.07 bits per heavy atom. The summed E-state index contributed by atoms with van der Waals surface area (Å²) in [4.78, 5) is 30.9. The van der Waals surface area contributed by atoms with Crippen LogP contribution in [0.25, 0.3) is 0 Å². The third-order valence-corrected chi connectivity index (χ3v) is 4.28. The lowest BCUT2D eigenvalue weighted by Crippen LogP contribution is -2.45. The van der Waals surface area contributed by atoms with Crippen LogP contribution in [-0.4, -0.2) is 48.4 Å². The van der Waals surface area contributed by atoms with Crippen LogP contribution in [-0.2, 0) is 11.0 Å². The number of benzene rings is 1. The quantitative estimate of drug-likeness (QED) is 0.831. The highest BCUT2D eigenvalue weighted by Crippen LogP contribution is 2.30. The van der Waals surface area contributed by atoms with Crippen molar-refractivity contribution in [2.75, 3.05) is 36.4 Å². The molecule has 1 fully saturated rings. The topological polar surface area (TPSA) is 65.5 Å². The fourth-order valence-electron chi connectivity index (χ4n) is 2.76. The molecule has 142 valence electrons. The summed E-state index contributed by atoms with van der Waals surface area (Å²) < 4.78 is 37.8. The Morgan fingerprint density at radius 2 is 1.74 bits per heavy atom. The summed E-state index contributed by atoms with van der Waals surface area (Å²) in [6.45, 7) is 2.44. The molecular formula is C18H17F3N4O2. The number of nitrogens with zero attached hydrogens (tertiary/aromatic N) is 3. The molecule has 0 bridgehead atoms. The Morgan fingerprint density at radius 3 is 2.33 bits per heavy atom. The zero-order valence-electron chi connectivity index (χ0n) is 14.2. The summed E-state index contributed by atoms with van der Waals surface area (Å²) >= 11 is 0. The maximum absolute atomic E-state index is 12.6. The number of nitrogens with one attached hydrogen (secondary N) is 1. The second-order valence-electron chi connectivity index (χ2n) is 6.09. The van der Waals surface area contributed by atoms with Crippen LogP contribution in [0.4, 0.5) is 24.5 Å². The van der Waals surface area contributed by atoms with Crippen LogP contribution >= 0.6 is 0 Å². The van der Waals surface area contributed by atoms with Gasteiger partial charge in [0.05, 0.1) is 23.0 Å². The average Bonchev–Trinajstić information content (AvgIpc) is 2.68. The number of pyridine rings is 1. The number of amides is 2. The molecule has 0 atom stereocenters. The number of halogens is 3. The van der Waals surface area contributed by atoms with E-state index in [0.717, 1.165) is 24.2 Å². The van der Waals surface area contributed by atoms with Crippen molar-refractivity contribution in [3.8, 4) is 0 Å². The molecule has 3 rings (SSSR count). The monoisotopic (exact) mass is 378 g/mol. The van der Waals surface area contributed by atoms with Gasteiger partial charge in [-0.3, -0.25) is 14.6 Å². The fourth-order valence-corrected chi connectivity index (χ4v) is 2.76. The van der Waals surface area contributed by atoms with Gasteiger partial charge in [0.2, 0.25) is 6.41 Å². The molecule has 0 spiro atoms. The number of hydrogen-bond acceptors (Lipinski definition) is 4. The first-order valence-corrected chi connectivity index (χ1v) is 8.25. The Bertz CT molecular complexity index is 816. The van der Waals surface area contributed by atoms with Gasteiger partial charge in [0, 0.05) is 38.1 Å². The van der Waals surface area contributed by atoms with Crippen molar-refractivity contribution in [1.29, 1.82) is 0 Å². The van der Waals surface area contributed by atoms with Gasteiger partial charge in [-0.2, -0.15) is 13.2 Å². The molecule has 2 amide bonds. The van der Waals surface area contributed by atoms with Crippen molar-refractivity contribution >= 4 is 23.7 Å². The number of piperazine rings is 1. The molecule has 9 heteroatoms. The van der Waals surface area contributed by atoms with E-state index < -0.39 is 17.6 Å². The highest BCUT2D eigenvalue weighted by Gasteiger charge is 2.30. The number of rotatable bonds is 4. The molecule has 1 saturated heterocycles. The van der Waals surface area contributed by atoms with Crippen molar-refractivity contribution in [2.24, 2.45) is 0 Å². The molecule has 1 aliphatic rings. The zero-order chi connectivity index (χ0) is 19.4. The summed E-state index contributed by atoms with van der Waals surface area (Å²) in [5, 5.41) is 2.56. The van der Waals surface area contributed by atoms with Gasteiger partial charge in [-0.05, 0) is 30.3 Å². The standard InChI is InChI=1S/C18H17F3N4O2/c19-18(20,21)14-1-3-15(4-2-14)23-17(27)13-9-16(11-22-10-13)25-7-5-24(12-26)6-8-25/h1-4,9-12H,5-8H2,(H,23,27). The fraction of sp³-hybridized carbons (Fsp3) is 0.278. The van der Waals surface area contributed by atoms with Crippen LogP contribution < -0.4 is 10.2 Å². The number of anilines is 2. The van der Waals surface area contributed by atoms with E-state index in [9.17, 15) is 22.8 Å². The highest BCUT2D eigenvalue weighted by molar-refractivity contribution is 6.04. The van der Waals surface area contributed by atoms with E-state index in [1.807, 2.05) is 4.90 Å². The van der Waals surface area contributed by atoms with E-state index in [1.54, 1.807) is 17.2 Å². The Balaban J connectivity index is 1.68. The minimum Gasteiger partial charge on any atom is -0.367 e. The van der Waals surface area contributed by atoms with Crippen LogP contribution in [0.3, 0.4) is 0 Å². The Kier molecular flexibility index (Phi) is 5.29. The molecule has 6 nitrogen and oxygen atoms in total. The Hall–Kier alpha value is -3.10. The van der Waals surface area contributed by atoms with Gasteiger partial charge in [0.25, 0.3) is 5.91 Å². The molecule has 0 saturated carbocycles. The minimum atomic E-state index is -4.42.